The molecule has 2 aromatic rings. The van der Waals surface area contributed by atoms with Gasteiger partial charge in [-0.1, -0.05) is 12.1 Å². The van der Waals surface area contributed by atoms with Crippen LogP contribution in [0.15, 0.2) is 36.4 Å². The van der Waals surface area contributed by atoms with Crippen LogP contribution in [0, 0.1) is 0 Å². The van der Waals surface area contributed by atoms with Crippen molar-refractivity contribution in [3.8, 4) is 23.0 Å². The molecule has 0 saturated carbocycles. The lowest BCUT2D eigenvalue weighted by molar-refractivity contribution is -0.130. The van der Waals surface area contributed by atoms with E-state index < -0.39 is 0 Å². The summed E-state index contributed by atoms with van der Waals surface area (Å²) in [5.41, 5.74) is 2.01. The van der Waals surface area contributed by atoms with Gasteiger partial charge in [0.15, 0.2) is 23.0 Å². The van der Waals surface area contributed by atoms with Crippen LogP contribution in [0.1, 0.15) is 11.1 Å². The summed E-state index contributed by atoms with van der Waals surface area (Å²) in [5, 5.41) is 5.53. The molecule has 0 atom stereocenters. The van der Waals surface area contributed by atoms with E-state index in [-0.39, 0.29) is 25.0 Å². The molecule has 0 aromatic heterocycles. The molecule has 2 N–H and O–H groups in total. The molecule has 0 heterocycles. The first kappa shape index (κ1) is 25.8. The Balaban J connectivity index is 1.61. The third-order valence-corrected chi connectivity index (χ3v) is 4.83. The quantitative estimate of drug-likeness (QED) is 0.443. The number of benzene rings is 2. The highest BCUT2D eigenvalue weighted by atomic mass is 16.5. The Morgan fingerprint density at radius 1 is 0.636 bits per heavy atom. The first-order valence-electron chi connectivity index (χ1n) is 10.5. The highest BCUT2D eigenvalue weighted by molar-refractivity contribution is 5.79. The van der Waals surface area contributed by atoms with Crippen LogP contribution in [-0.4, -0.2) is 66.6 Å². The first-order chi connectivity index (χ1) is 16.0. The zero-order valence-electron chi connectivity index (χ0n) is 19.6. The second kappa shape index (κ2) is 13.8. The summed E-state index contributed by atoms with van der Waals surface area (Å²) in [4.78, 5) is 23.8. The Labute approximate surface area is 194 Å². The lowest BCUT2D eigenvalue weighted by Gasteiger charge is -2.11. The number of carbonyl (C=O) groups excluding carboxylic acids is 2. The fourth-order valence-electron chi connectivity index (χ4n) is 3.10. The molecule has 0 radical (unpaired) electrons. The van der Waals surface area contributed by atoms with Crippen molar-refractivity contribution in [3.05, 3.63) is 47.5 Å². The molecule has 2 amide bonds. The summed E-state index contributed by atoms with van der Waals surface area (Å²) in [6, 6.07) is 11.2. The Hall–Kier alpha value is -3.46. The molecule has 9 nitrogen and oxygen atoms in total. The molecule has 2 rings (SSSR count). The number of ether oxygens (including phenoxy) is 5. The maximum absolute atomic E-state index is 11.9. The molecule has 0 unspecified atom stereocenters. The number of rotatable bonds is 14. The van der Waals surface area contributed by atoms with Gasteiger partial charge in [-0.25, -0.2) is 0 Å². The highest BCUT2D eigenvalue weighted by Crippen LogP contribution is 2.28. The van der Waals surface area contributed by atoms with Gasteiger partial charge in [-0.3, -0.25) is 9.59 Å². The SMILES string of the molecule is COc1ccc(CCNC(=O)COCC(=O)NCCc2ccc(OC)c(OC)c2)cc1OC. The number of methoxy groups -OCH3 is 4. The van der Waals surface area contributed by atoms with Crippen LogP contribution in [0.3, 0.4) is 0 Å². The lowest BCUT2D eigenvalue weighted by atomic mass is 10.1. The topological polar surface area (TPSA) is 104 Å². The van der Waals surface area contributed by atoms with E-state index in [2.05, 4.69) is 10.6 Å². The third kappa shape index (κ3) is 8.53. The molecule has 33 heavy (non-hydrogen) atoms. The number of nitrogens with one attached hydrogen (secondary N) is 2. The smallest absolute Gasteiger partial charge is 0.246 e. The molecule has 0 saturated heterocycles. The van der Waals surface area contributed by atoms with E-state index >= 15 is 0 Å². The summed E-state index contributed by atoms with van der Waals surface area (Å²) in [7, 11) is 6.31. The highest BCUT2D eigenvalue weighted by Gasteiger charge is 2.08. The Kier molecular flexibility index (Phi) is 10.8. The normalized spacial score (nSPS) is 10.3. The van der Waals surface area contributed by atoms with Crippen LogP contribution in [0.4, 0.5) is 0 Å². The largest absolute Gasteiger partial charge is 0.493 e. The fourth-order valence-corrected chi connectivity index (χ4v) is 3.10. The van der Waals surface area contributed by atoms with Gasteiger partial charge in [0, 0.05) is 13.1 Å². The first-order valence-corrected chi connectivity index (χ1v) is 10.5. The second-order valence-electron chi connectivity index (χ2n) is 7.07. The maximum atomic E-state index is 11.9. The summed E-state index contributed by atoms with van der Waals surface area (Å²) in [6.45, 7) is 0.508. The van der Waals surface area contributed by atoms with Crippen LogP contribution in [0.2, 0.25) is 0 Å². The van der Waals surface area contributed by atoms with Crippen LogP contribution in [0.25, 0.3) is 0 Å². The van der Waals surface area contributed by atoms with E-state index in [1.807, 2.05) is 36.4 Å². The molecule has 2 aromatic carbocycles. The van der Waals surface area contributed by atoms with Gasteiger partial charge in [0.25, 0.3) is 0 Å². The van der Waals surface area contributed by atoms with Gasteiger partial charge in [0.1, 0.15) is 13.2 Å². The number of hydrogen-bond donors (Lipinski definition) is 2. The zero-order valence-corrected chi connectivity index (χ0v) is 19.6. The average Bonchev–Trinajstić information content (AvgIpc) is 2.83. The van der Waals surface area contributed by atoms with Crippen molar-refractivity contribution in [2.24, 2.45) is 0 Å². The molecule has 0 bridgehead atoms. The minimum atomic E-state index is -0.284. The van der Waals surface area contributed by atoms with Crippen LogP contribution in [0.5, 0.6) is 23.0 Å². The van der Waals surface area contributed by atoms with Crippen LogP contribution >= 0.6 is 0 Å². The van der Waals surface area contributed by atoms with Gasteiger partial charge >= 0.3 is 0 Å². The van der Waals surface area contributed by atoms with Crippen molar-refractivity contribution in [1.82, 2.24) is 10.6 Å². The number of carbonyl (C=O) groups is 2. The Morgan fingerprint density at radius 3 is 1.39 bits per heavy atom. The second-order valence-corrected chi connectivity index (χ2v) is 7.07. The van der Waals surface area contributed by atoms with E-state index in [1.54, 1.807) is 28.4 Å². The van der Waals surface area contributed by atoms with Crippen molar-refractivity contribution in [2.75, 3.05) is 54.7 Å². The molecule has 9 heteroatoms. The average molecular weight is 461 g/mol. The molecule has 0 fully saturated rings. The monoisotopic (exact) mass is 460 g/mol. The predicted octanol–water partition coefficient (Wildman–Crippen LogP) is 1.76. The van der Waals surface area contributed by atoms with E-state index in [9.17, 15) is 9.59 Å². The minimum Gasteiger partial charge on any atom is -0.493 e. The maximum Gasteiger partial charge on any atom is 0.246 e. The number of hydrogen-bond acceptors (Lipinski definition) is 7. The molecular weight excluding hydrogens is 428 g/mol. The van der Waals surface area contributed by atoms with E-state index in [1.165, 1.54) is 0 Å². The van der Waals surface area contributed by atoms with E-state index in [0.717, 1.165) is 11.1 Å². The molecular formula is C24H32N2O7. The number of amides is 2. The Bertz CT molecular complexity index is 844. The molecule has 0 spiro atoms. The van der Waals surface area contributed by atoms with Gasteiger partial charge in [-0.05, 0) is 48.2 Å². The minimum absolute atomic E-state index is 0.185. The van der Waals surface area contributed by atoms with Crippen molar-refractivity contribution >= 4 is 11.8 Å². The van der Waals surface area contributed by atoms with Crippen molar-refractivity contribution < 1.29 is 33.3 Å². The molecule has 180 valence electrons. The molecule has 0 aliphatic rings. The van der Waals surface area contributed by atoms with Crippen molar-refractivity contribution in [1.29, 1.82) is 0 Å². The third-order valence-electron chi connectivity index (χ3n) is 4.83. The van der Waals surface area contributed by atoms with E-state index in [0.29, 0.717) is 48.9 Å². The van der Waals surface area contributed by atoms with Gasteiger partial charge < -0.3 is 34.3 Å². The van der Waals surface area contributed by atoms with Crippen molar-refractivity contribution in [3.63, 3.8) is 0 Å². The summed E-state index contributed by atoms with van der Waals surface area (Å²) in [6.07, 6.45) is 1.26. The van der Waals surface area contributed by atoms with Gasteiger partial charge in [0.05, 0.1) is 28.4 Å². The fraction of sp³-hybridized carbons (Fsp3) is 0.417. The van der Waals surface area contributed by atoms with Crippen LogP contribution < -0.4 is 29.6 Å². The molecule has 0 aliphatic carbocycles. The lowest BCUT2D eigenvalue weighted by Crippen LogP contribution is -2.33. The molecule has 0 aliphatic heterocycles. The van der Waals surface area contributed by atoms with Gasteiger partial charge in [-0.2, -0.15) is 0 Å². The van der Waals surface area contributed by atoms with Crippen molar-refractivity contribution in [2.45, 2.75) is 12.8 Å². The summed E-state index contributed by atoms with van der Waals surface area (Å²) in [5.74, 6) is 2.02. The summed E-state index contributed by atoms with van der Waals surface area (Å²) < 4.78 is 26.2. The van der Waals surface area contributed by atoms with Gasteiger partial charge in [-0.15, -0.1) is 0 Å². The van der Waals surface area contributed by atoms with Crippen LogP contribution in [-0.2, 0) is 27.2 Å². The summed E-state index contributed by atoms with van der Waals surface area (Å²) >= 11 is 0. The standard InChI is InChI=1S/C24H32N2O7/c1-29-19-7-5-17(13-21(19)31-3)9-11-25-23(27)15-33-16-24(28)26-12-10-18-6-8-20(30-2)22(14-18)32-4/h5-8,13-14H,9-12,15-16H2,1-4H3,(H,25,27)(H,26,28). The van der Waals surface area contributed by atoms with Gasteiger partial charge in [0.2, 0.25) is 11.8 Å². The predicted molar refractivity (Wildman–Crippen MR) is 123 cm³/mol. The van der Waals surface area contributed by atoms with E-state index in [4.69, 9.17) is 23.7 Å². The zero-order chi connectivity index (χ0) is 24.1. The Morgan fingerprint density at radius 2 is 1.03 bits per heavy atom.